The maximum absolute atomic E-state index is 12.8. The molecular formula is C17H22N4O3. The SMILES string of the molecule is Cc1nc(C)c(CC(=O)N2CCCCC2c2cc(C)on2)c(=O)[nH]1. The summed E-state index contributed by atoms with van der Waals surface area (Å²) in [4.78, 5) is 33.7. The summed E-state index contributed by atoms with van der Waals surface area (Å²) in [7, 11) is 0. The highest BCUT2D eigenvalue weighted by Gasteiger charge is 2.30. The molecule has 0 spiro atoms. The van der Waals surface area contributed by atoms with Gasteiger partial charge in [0.1, 0.15) is 17.3 Å². The molecule has 0 bridgehead atoms. The lowest BCUT2D eigenvalue weighted by molar-refractivity contribution is -0.134. The van der Waals surface area contributed by atoms with Gasteiger partial charge >= 0.3 is 0 Å². The van der Waals surface area contributed by atoms with E-state index in [1.165, 1.54) is 0 Å². The fourth-order valence-electron chi connectivity index (χ4n) is 3.29. The van der Waals surface area contributed by atoms with E-state index < -0.39 is 0 Å². The standard InChI is InChI=1S/C17H22N4O3/c1-10-8-14(20-24-10)15-6-4-5-7-21(15)16(22)9-13-11(2)18-12(3)19-17(13)23/h8,15H,4-7,9H2,1-3H3,(H,18,19,23). The Kier molecular flexibility index (Phi) is 4.51. The number of nitrogens with one attached hydrogen (secondary N) is 1. The second-order valence-corrected chi connectivity index (χ2v) is 6.35. The number of carbonyl (C=O) groups excluding carboxylic acids is 1. The van der Waals surface area contributed by atoms with Crippen LogP contribution in [0.4, 0.5) is 0 Å². The third-order valence-corrected chi connectivity index (χ3v) is 4.48. The van der Waals surface area contributed by atoms with Crippen LogP contribution in [0.5, 0.6) is 0 Å². The summed E-state index contributed by atoms with van der Waals surface area (Å²) in [5.41, 5.74) is 1.59. The topological polar surface area (TPSA) is 92.1 Å². The molecule has 2 aromatic heterocycles. The number of amides is 1. The Hall–Kier alpha value is -2.44. The average Bonchev–Trinajstić information content (AvgIpc) is 2.97. The molecule has 1 aliphatic heterocycles. The molecule has 0 saturated carbocycles. The van der Waals surface area contributed by atoms with Crippen LogP contribution in [-0.4, -0.2) is 32.5 Å². The molecule has 1 N–H and O–H groups in total. The molecule has 0 aliphatic carbocycles. The van der Waals surface area contributed by atoms with Crippen LogP contribution in [0.25, 0.3) is 0 Å². The number of carbonyl (C=O) groups is 1. The van der Waals surface area contributed by atoms with Gasteiger partial charge in [0.25, 0.3) is 5.56 Å². The minimum absolute atomic E-state index is 0.0573. The first-order valence-electron chi connectivity index (χ1n) is 8.25. The van der Waals surface area contributed by atoms with Crippen molar-refractivity contribution < 1.29 is 9.32 Å². The molecule has 1 amide bonds. The van der Waals surface area contributed by atoms with E-state index in [4.69, 9.17) is 4.52 Å². The molecule has 3 heterocycles. The Bertz CT molecular complexity index is 808. The maximum atomic E-state index is 12.8. The zero-order valence-electron chi connectivity index (χ0n) is 14.3. The summed E-state index contributed by atoms with van der Waals surface area (Å²) in [5.74, 6) is 1.22. The van der Waals surface area contributed by atoms with E-state index in [9.17, 15) is 9.59 Å². The number of aryl methyl sites for hydroxylation is 3. The highest BCUT2D eigenvalue weighted by atomic mass is 16.5. The predicted molar refractivity (Wildman–Crippen MR) is 87.6 cm³/mol. The third-order valence-electron chi connectivity index (χ3n) is 4.48. The largest absolute Gasteiger partial charge is 0.361 e. The Morgan fingerprint density at radius 3 is 2.83 bits per heavy atom. The highest BCUT2D eigenvalue weighted by Crippen LogP contribution is 2.31. The van der Waals surface area contributed by atoms with E-state index in [1.807, 2.05) is 17.9 Å². The monoisotopic (exact) mass is 330 g/mol. The zero-order chi connectivity index (χ0) is 17.3. The summed E-state index contributed by atoms with van der Waals surface area (Å²) in [5, 5.41) is 4.08. The van der Waals surface area contributed by atoms with E-state index in [-0.39, 0.29) is 23.9 Å². The molecule has 7 nitrogen and oxygen atoms in total. The Balaban J connectivity index is 1.84. The molecule has 3 rings (SSSR count). The molecule has 0 radical (unpaired) electrons. The van der Waals surface area contributed by atoms with Crippen LogP contribution in [0.15, 0.2) is 15.4 Å². The van der Waals surface area contributed by atoms with Gasteiger partial charge in [0.15, 0.2) is 0 Å². The molecule has 7 heteroatoms. The normalized spacial score (nSPS) is 18.0. The zero-order valence-corrected chi connectivity index (χ0v) is 14.3. The molecule has 1 unspecified atom stereocenters. The van der Waals surface area contributed by atoms with Crippen LogP contribution < -0.4 is 5.56 Å². The van der Waals surface area contributed by atoms with Gasteiger partial charge in [-0.05, 0) is 40.0 Å². The van der Waals surface area contributed by atoms with Gasteiger partial charge in [-0.15, -0.1) is 0 Å². The van der Waals surface area contributed by atoms with E-state index in [0.29, 0.717) is 23.6 Å². The van der Waals surface area contributed by atoms with Gasteiger partial charge < -0.3 is 14.4 Å². The van der Waals surface area contributed by atoms with E-state index in [2.05, 4.69) is 15.1 Å². The highest BCUT2D eigenvalue weighted by molar-refractivity contribution is 5.79. The number of aromatic nitrogens is 3. The van der Waals surface area contributed by atoms with Crippen LogP contribution in [0.2, 0.25) is 0 Å². The second-order valence-electron chi connectivity index (χ2n) is 6.35. The van der Waals surface area contributed by atoms with Gasteiger partial charge in [0.05, 0.1) is 12.5 Å². The summed E-state index contributed by atoms with van der Waals surface area (Å²) in [6.45, 7) is 6.01. The number of H-pyrrole nitrogens is 1. The van der Waals surface area contributed by atoms with Gasteiger partial charge in [0.2, 0.25) is 5.91 Å². The summed E-state index contributed by atoms with van der Waals surface area (Å²) >= 11 is 0. The van der Waals surface area contributed by atoms with Gasteiger partial charge in [-0.1, -0.05) is 5.16 Å². The molecule has 128 valence electrons. The van der Waals surface area contributed by atoms with Crippen molar-refractivity contribution in [2.45, 2.75) is 52.5 Å². The fourth-order valence-corrected chi connectivity index (χ4v) is 3.29. The second kappa shape index (κ2) is 6.59. The van der Waals surface area contributed by atoms with Crippen molar-refractivity contribution in [1.29, 1.82) is 0 Å². The van der Waals surface area contributed by atoms with Crippen molar-refractivity contribution in [2.75, 3.05) is 6.54 Å². The molecule has 24 heavy (non-hydrogen) atoms. The smallest absolute Gasteiger partial charge is 0.254 e. The summed E-state index contributed by atoms with van der Waals surface area (Å²) < 4.78 is 5.16. The van der Waals surface area contributed by atoms with Crippen molar-refractivity contribution in [3.05, 3.63) is 45.0 Å². The quantitative estimate of drug-likeness (QED) is 0.929. The Labute approximate surface area is 140 Å². The van der Waals surface area contributed by atoms with Crippen LogP contribution in [0.1, 0.15) is 53.8 Å². The Morgan fingerprint density at radius 2 is 2.17 bits per heavy atom. The van der Waals surface area contributed by atoms with Gasteiger partial charge in [-0.2, -0.15) is 0 Å². The molecule has 0 aromatic carbocycles. The molecule has 2 aromatic rings. The van der Waals surface area contributed by atoms with Gasteiger partial charge in [-0.25, -0.2) is 4.98 Å². The predicted octanol–water partition coefficient (Wildman–Crippen LogP) is 1.98. The molecule has 1 aliphatic rings. The first-order chi connectivity index (χ1) is 11.5. The van der Waals surface area contributed by atoms with E-state index >= 15 is 0 Å². The Morgan fingerprint density at radius 1 is 1.38 bits per heavy atom. The third kappa shape index (κ3) is 3.25. The first kappa shape index (κ1) is 16.4. The van der Waals surface area contributed by atoms with Crippen LogP contribution >= 0.6 is 0 Å². The number of hydrogen-bond donors (Lipinski definition) is 1. The number of likely N-dealkylation sites (tertiary alicyclic amines) is 1. The minimum atomic E-state index is -0.237. The molecule has 1 saturated heterocycles. The number of rotatable bonds is 3. The van der Waals surface area contributed by atoms with Crippen molar-refractivity contribution in [1.82, 2.24) is 20.0 Å². The lowest BCUT2D eigenvalue weighted by Gasteiger charge is -2.34. The molecule has 1 fully saturated rings. The number of aromatic amines is 1. The molecular weight excluding hydrogens is 308 g/mol. The maximum Gasteiger partial charge on any atom is 0.254 e. The lowest BCUT2D eigenvalue weighted by atomic mass is 9.98. The lowest BCUT2D eigenvalue weighted by Crippen LogP contribution is -2.40. The van der Waals surface area contributed by atoms with Crippen molar-refractivity contribution in [2.24, 2.45) is 0 Å². The summed E-state index contributed by atoms with van der Waals surface area (Å²) in [6.07, 6.45) is 2.92. The summed E-state index contributed by atoms with van der Waals surface area (Å²) in [6, 6.07) is 1.79. The number of nitrogens with zero attached hydrogens (tertiary/aromatic N) is 3. The molecule has 1 atom stereocenters. The fraction of sp³-hybridized carbons (Fsp3) is 0.529. The van der Waals surface area contributed by atoms with Gasteiger partial charge in [0, 0.05) is 23.9 Å². The van der Waals surface area contributed by atoms with Crippen molar-refractivity contribution in [3.8, 4) is 0 Å². The van der Waals surface area contributed by atoms with Gasteiger partial charge in [-0.3, -0.25) is 9.59 Å². The van der Waals surface area contributed by atoms with Crippen LogP contribution in [-0.2, 0) is 11.2 Å². The number of hydrogen-bond acceptors (Lipinski definition) is 5. The van der Waals surface area contributed by atoms with Crippen molar-refractivity contribution >= 4 is 5.91 Å². The van der Waals surface area contributed by atoms with E-state index in [0.717, 1.165) is 30.7 Å². The number of piperidine rings is 1. The van der Waals surface area contributed by atoms with Crippen LogP contribution in [0, 0.1) is 20.8 Å². The van der Waals surface area contributed by atoms with E-state index in [1.54, 1.807) is 13.8 Å². The van der Waals surface area contributed by atoms with Crippen molar-refractivity contribution in [3.63, 3.8) is 0 Å². The van der Waals surface area contributed by atoms with Crippen LogP contribution in [0.3, 0.4) is 0 Å². The minimum Gasteiger partial charge on any atom is -0.361 e. The average molecular weight is 330 g/mol. The first-order valence-corrected chi connectivity index (χ1v) is 8.25.